The van der Waals surface area contributed by atoms with E-state index in [0.717, 1.165) is 16.7 Å². The maximum absolute atomic E-state index is 15.0. The Morgan fingerprint density at radius 1 is 0.694 bits per heavy atom. The summed E-state index contributed by atoms with van der Waals surface area (Å²) in [7, 11) is 11.4. The van der Waals surface area contributed by atoms with Crippen molar-refractivity contribution >= 4 is 23.8 Å². The smallest absolute Gasteiger partial charge is 0.261 e. The van der Waals surface area contributed by atoms with Gasteiger partial charge in [-0.25, -0.2) is 0 Å². The fourth-order valence-corrected chi connectivity index (χ4v) is 8.39. The second-order valence-corrected chi connectivity index (χ2v) is 12.5. The van der Waals surface area contributed by atoms with Crippen molar-refractivity contribution in [3.8, 4) is 34.5 Å². The van der Waals surface area contributed by atoms with Crippen LogP contribution in [0.25, 0.3) is 6.08 Å². The lowest BCUT2D eigenvalue weighted by atomic mass is 9.77. The molecule has 1 saturated heterocycles. The molecule has 0 aromatic heterocycles. The summed E-state index contributed by atoms with van der Waals surface area (Å²) in [6.45, 7) is 3.64. The van der Waals surface area contributed by atoms with Gasteiger partial charge in [-0.05, 0) is 39.1 Å². The Morgan fingerprint density at radius 3 is 1.73 bits per heavy atom. The molecule has 4 aliphatic heterocycles. The minimum absolute atomic E-state index is 0.137. The quantitative estimate of drug-likeness (QED) is 0.318. The van der Waals surface area contributed by atoms with Crippen molar-refractivity contribution in [2.45, 2.75) is 38.4 Å². The summed E-state index contributed by atoms with van der Waals surface area (Å²) in [6.07, 6.45) is 2.27. The molecule has 0 spiro atoms. The van der Waals surface area contributed by atoms with Crippen LogP contribution in [0.15, 0.2) is 30.0 Å². The summed E-state index contributed by atoms with van der Waals surface area (Å²) >= 11 is 0. The third kappa shape index (κ3) is 4.22. The summed E-state index contributed by atoms with van der Waals surface area (Å²) in [4.78, 5) is 47.6. The molecular weight excluding hydrogens is 630 g/mol. The average Bonchev–Trinajstić information content (AvgIpc) is 3.34. The fraction of sp³-hybridized carbons (Fsp3) is 0.378. The largest absolute Gasteiger partial charge is 0.496 e. The van der Waals surface area contributed by atoms with Crippen molar-refractivity contribution in [2.24, 2.45) is 0 Å². The van der Waals surface area contributed by atoms with E-state index in [0.29, 0.717) is 74.4 Å². The van der Waals surface area contributed by atoms with Crippen molar-refractivity contribution in [3.63, 3.8) is 0 Å². The highest BCUT2D eigenvalue weighted by molar-refractivity contribution is 6.21. The number of hydrogen-bond acceptors (Lipinski definition) is 10. The number of carbonyl (C=O) groups is 3. The van der Waals surface area contributed by atoms with Crippen molar-refractivity contribution in [3.05, 3.63) is 74.5 Å². The van der Waals surface area contributed by atoms with E-state index >= 15 is 0 Å². The third-order valence-corrected chi connectivity index (χ3v) is 10.4. The van der Waals surface area contributed by atoms with Crippen LogP contribution in [0.2, 0.25) is 0 Å². The first-order valence-electron chi connectivity index (χ1n) is 15.9. The lowest BCUT2D eigenvalue weighted by Gasteiger charge is -2.54. The number of piperazine rings is 1. The van der Waals surface area contributed by atoms with Crippen LogP contribution < -0.4 is 28.4 Å². The van der Waals surface area contributed by atoms with Gasteiger partial charge < -0.3 is 33.3 Å². The lowest BCUT2D eigenvalue weighted by molar-refractivity contribution is -0.143. The molecule has 7 rings (SSSR count). The molecule has 0 unspecified atom stereocenters. The number of hydrogen-bond donors (Lipinski definition) is 0. The highest BCUT2D eigenvalue weighted by Gasteiger charge is 2.55. The number of likely N-dealkylation sites (N-methyl/N-ethyl adjacent to an activating group) is 1. The van der Waals surface area contributed by atoms with Crippen LogP contribution in [0.3, 0.4) is 0 Å². The second-order valence-electron chi connectivity index (χ2n) is 12.5. The van der Waals surface area contributed by atoms with Crippen LogP contribution in [0.1, 0.15) is 66.2 Å². The highest BCUT2D eigenvalue weighted by atomic mass is 16.5. The predicted molar refractivity (Wildman–Crippen MR) is 179 cm³/mol. The van der Waals surface area contributed by atoms with E-state index in [9.17, 15) is 14.4 Å². The Bertz CT molecular complexity index is 1950. The zero-order valence-electron chi connectivity index (χ0n) is 29.0. The van der Waals surface area contributed by atoms with Gasteiger partial charge in [0.2, 0.25) is 5.91 Å². The van der Waals surface area contributed by atoms with E-state index < -0.39 is 29.9 Å². The van der Waals surface area contributed by atoms with Crippen LogP contribution in [0.5, 0.6) is 34.5 Å². The number of benzene rings is 3. The van der Waals surface area contributed by atoms with Gasteiger partial charge in [-0.15, -0.1) is 0 Å². The monoisotopic (exact) mass is 669 g/mol. The molecule has 0 N–H and O–H groups in total. The fourth-order valence-electron chi connectivity index (χ4n) is 8.39. The first-order chi connectivity index (χ1) is 23.6. The number of carbonyl (C=O) groups excluding carboxylic acids is 3. The van der Waals surface area contributed by atoms with Crippen LogP contribution in [-0.4, -0.2) is 94.7 Å². The molecule has 3 aromatic carbocycles. The molecule has 3 amide bonds. The van der Waals surface area contributed by atoms with Gasteiger partial charge in [-0.2, -0.15) is 0 Å². The van der Waals surface area contributed by atoms with Crippen LogP contribution >= 0.6 is 0 Å². The van der Waals surface area contributed by atoms with E-state index in [1.807, 2.05) is 31.9 Å². The summed E-state index contributed by atoms with van der Waals surface area (Å²) in [5.41, 5.74) is 5.62. The molecule has 2 bridgehead atoms. The number of amides is 3. The van der Waals surface area contributed by atoms with Crippen molar-refractivity contribution in [1.29, 1.82) is 0 Å². The minimum Gasteiger partial charge on any atom is -0.496 e. The zero-order valence-corrected chi connectivity index (χ0v) is 29.0. The Labute approximate surface area is 284 Å². The average molecular weight is 670 g/mol. The second kappa shape index (κ2) is 11.7. The number of imide groups is 1. The van der Waals surface area contributed by atoms with Gasteiger partial charge in [0.05, 0.1) is 78.5 Å². The molecule has 0 aliphatic carbocycles. The third-order valence-electron chi connectivity index (χ3n) is 10.4. The van der Waals surface area contributed by atoms with E-state index in [-0.39, 0.29) is 12.5 Å². The molecule has 12 heteroatoms. The molecular formula is C37H39N3O9. The van der Waals surface area contributed by atoms with Gasteiger partial charge in [-0.3, -0.25) is 24.2 Å². The topological polar surface area (TPSA) is 116 Å². The van der Waals surface area contributed by atoms with Gasteiger partial charge in [0.15, 0.2) is 23.0 Å². The standard InChI is InChI=1S/C37H39N3O9/c1-17-29(44-4)21-14-23-28-27-22(30(45-5)18(2)32(47-7)34(27)49-9)15-24(38(28)3)37(43)40(23)25(26(21)33(48-8)31(17)46-6)16-39-35(41)19-12-10-11-13-20(19)36(39)42/h10-14,24-25,28H,15-16H2,1-9H3/t24-,25-,28-/m0/s1. The van der Waals surface area contributed by atoms with E-state index in [2.05, 4.69) is 0 Å². The van der Waals surface area contributed by atoms with Crippen molar-refractivity contribution < 1.29 is 42.8 Å². The van der Waals surface area contributed by atoms with Gasteiger partial charge in [0.25, 0.3) is 11.8 Å². The number of rotatable bonds is 8. The molecule has 49 heavy (non-hydrogen) atoms. The van der Waals surface area contributed by atoms with Crippen LogP contribution in [0.4, 0.5) is 0 Å². The van der Waals surface area contributed by atoms with Gasteiger partial charge in [0.1, 0.15) is 11.5 Å². The first-order valence-corrected chi connectivity index (χ1v) is 15.9. The Balaban J connectivity index is 1.53. The number of fused-ring (bicyclic) bond motifs is 8. The minimum atomic E-state index is -0.858. The maximum atomic E-state index is 15.0. The van der Waals surface area contributed by atoms with Gasteiger partial charge in [0, 0.05) is 45.5 Å². The molecule has 3 atom stereocenters. The molecule has 1 fully saturated rings. The summed E-state index contributed by atoms with van der Waals surface area (Å²) in [6, 6.07) is 4.77. The summed E-state index contributed by atoms with van der Waals surface area (Å²) in [5, 5.41) is 0. The lowest BCUT2D eigenvalue weighted by Crippen LogP contribution is -2.61. The summed E-state index contributed by atoms with van der Waals surface area (Å²) in [5.74, 6) is 2.00. The molecule has 256 valence electrons. The Kier molecular flexibility index (Phi) is 7.74. The van der Waals surface area contributed by atoms with Crippen molar-refractivity contribution in [2.75, 3.05) is 56.3 Å². The normalized spacial score (nSPS) is 20.6. The number of ether oxygens (including phenoxy) is 6. The maximum Gasteiger partial charge on any atom is 0.261 e. The predicted octanol–water partition coefficient (Wildman–Crippen LogP) is 4.49. The molecule has 0 radical (unpaired) electrons. The first kappa shape index (κ1) is 32.3. The molecule has 0 saturated carbocycles. The summed E-state index contributed by atoms with van der Waals surface area (Å²) < 4.78 is 35.8. The van der Waals surface area contributed by atoms with Gasteiger partial charge >= 0.3 is 0 Å². The van der Waals surface area contributed by atoms with E-state index in [1.54, 1.807) is 57.6 Å². The number of methoxy groups -OCH3 is 6. The SMILES string of the molecule is COc1c(C)c(OC)c(OC)c2c1C=C1[C@H]3c4c(c(OC)c(C)c(OC)c4OC)C[C@@H](C(=O)N1[C@H]2CN1C(=O)c2ccccc2C1=O)N3C. The van der Waals surface area contributed by atoms with Crippen molar-refractivity contribution in [1.82, 2.24) is 14.7 Å². The number of nitrogens with zero attached hydrogens (tertiary/aromatic N) is 3. The van der Waals surface area contributed by atoms with Crippen LogP contribution in [-0.2, 0) is 11.2 Å². The molecule has 12 nitrogen and oxygen atoms in total. The van der Waals surface area contributed by atoms with Crippen LogP contribution in [0, 0.1) is 13.8 Å². The van der Waals surface area contributed by atoms with Gasteiger partial charge in [-0.1, -0.05) is 12.1 Å². The van der Waals surface area contributed by atoms with E-state index in [4.69, 9.17) is 28.4 Å². The molecule has 4 heterocycles. The Hall–Kier alpha value is -5.23. The molecule has 4 aliphatic rings. The Morgan fingerprint density at radius 2 is 1.20 bits per heavy atom. The highest BCUT2D eigenvalue weighted by Crippen LogP contribution is 2.59. The van der Waals surface area contributed by atoms with E-state index in [1.165, 1.54) is 19.1 Å². The molecule has 3 aromatic rings. The zero-order chi connectivity index (χ0) is 35.0.